The topological polar surface area (TPSA) is 52.0 Å². The van der Waals surface area contributed by atoms with E-state index in [9.17, 15) is 0 Å². The Bertz CT molecular complexity index is 602. The van der Waals surface area contributed by atoms with Gasteiger partial charge >= 0.3 is 0 Å². The number of nitriles is 1. The summed E-state index contributed by atoms with van der Waals surface area (Å²) in [5, 5.41) is 13.3. The normalized spacial score (nSPS) is 17.9. The lowest BCUT2D eigenvalue weighted by Gasteiger charge is -2.18. The van der Waals surface area contributed by atoms with Crippen LogP contribution in [0.2, 0.25) is 0 Å². The number of benzene rings is 1. The van der Waals surface area contributed by atoms with Crippen LogP contribution in [-0.4, -0.2) is 29.0 Å². The van der Waals surface area contributed by atoms with E-state index in [0.717, 1.165) is 35.9 Å². The molecule has 0 bridgehead atoms. The van der Waals surface area contributed by atoms with Crippen LogP contribution >= 0.6 is 11.3 Å². The van der Waals surface area contributed by atoms with Gasteiger partial charge in [0.1, 0.15) is 0 Å². The van der Waals surface area contributed by atoms with Crippen LogP contribution in [-0.2, 0) is 0 Å². The van der Waals surface area contributed by atoms with Crippen molar-refractivity contribution in [3.63, 3.8) is 0 Å². The molecule has 0 spiro atoms. The van der Waals surface area contributed by atoms with Gasteiger partial charge in [-0.25, -0.2) is 4.98 Å². The molecule has 1 aromatic heterocycles. The molecule has 1 aliphatic heterocycles. The zero-order valence-electron chi connectivity index (χ0n) is 11.1. The van der Waals surface area contributed by atoms with Crippen LogP contribution in [0.1, 0.15) is 12.8 Å². The van der Waals surface area contributed by atoms with Crippen molar-refractivity contribution in [2.24, 2.45) is 0 Å². The number of hydrogen-bond acceptors (Lipinski definition) is 5. The van der Waals surface area contributed by atoms with Crippen LogP contribution < -0.4 is 5.32 Å². The van der Waals surface area contributed by atoms with E-state index in [4.69, 9.17) is 5.26 Å². The Morgan fingerprint density at radius 1 is 1.40 bits per heavy atom. The molecular weight excluding hydrogens is 268 g/mol. The average molecular weight is 284 g/mol. The zero-order chi connectivity index (χ0) is 13.8. The van der Waals surface area contributed by atoms with E-state index >= 15 is 0 Å². The summed E-state index contributed by atoms with van der Waals surface area (Å²) in [5.74, 6) is 0. The van der Waals surface area contributed by atoms with E-state index in [1.54, 1.807) is 11.3 Å². The molecule has 3 rings (SSSR count). The first kappa shape index (κ1) is 12.9. The van der Waals surface area contributed by atoms with Crippen molar-refractivity contribution in [3.8, 4) is 16.6 Å². The van der Waals surface area contributed by atoms with Crippen molar-refractivity contribution in [2.75, 3.05) is 18.4 Å². The summed E-state index contributed by atoms with van der Waals surface area (Å²) >= 11 is 1.65. The maximum Gasteiger partial charge on any atom is 0.183 e. The molecular formula is C15H16N4S. The number of aromatic nitrogens is 1. The predicted octanol–water partition coefficient (Wildman–Crippen LogP) is 3.17. The van der Waals surface area contributed by atoms with Crippen molar-refractivity contribution in [3.05, 3.63) is 36.5 Å². The van der Waals surface area contributed by atoms with Crippen molar-refractivity contribution in [1.29, 1.82) is 5.26 Å². The molecule has 1 aromatic carbocycles. The van der Waals surface area contributed by atoms with E-state index in [2.05, 4.69) is 28.6 Å². The number of nitrogens with zero attached hydrogens (tertiary/aromatic N) is 3. The number of anilines is 1. The van der Waals surface area contributed by atoms with E-state index in [1.165, 1.54) is 5.56 Å². The lowest BCUT2D eigenvalue weighted by molar-refractivity contribution is 0.377. The van der Waals surface area contributed by atoms with Gasteiger partial charge < -0.3 is 10.2 Å². The standard InChI is InChI=1S/C15H16N4S/c16-11-19-8-4-7-13(19)9-17-15-18-10-14(20-15)12-5-2-1-3-6-12/h1-3,5-6,10,13H,4,7-9H2,(H,17,18)/t13-/m0/s1. The molecule has 2 heterocycles. The fraction of sp³-hybridized carbons (Fsp3) is 0.333. The van der Waals surface area contributed by atoms with Gasteiger partial charge in [-0.1, -0.05) is 41.7 Å². The second-order valence-electron chi connectivity index (χ2n) is 4.87. The summed E-state index contributed by atoms with van der Waals surface area (Å²) in [4.78, 5) is 7.43. The van der Waals surface area contributed by atoms with Crippen LogP contribution in [0, 0.1) is 11.5 Å². The summed E-state index contributed by atoms with van der Waals surface area (Å²) < 4.78 is 0. The molecule has 0 aliphatic carbocycles. The van der Waals surface area contributed by atoms with Crippen molar-refractivity contribution in [1.82, 2.24) is 9.88 Å². The minimum atomic E-state index is 0.309. The number of hydrogen-bond donors (Lipinski definition) is 1. The first-order chi connectivity index (χ1) is 9.86. The molecule has 5 heteroatoms. The molecule has 0 radical (unpaired) electrons. The summed E-state index contributed by atoms with van der Waals surface area (Å²) in [7, 11) is 0. The minimum Gasteiger partial charge on any atom is -0.359 e. The highest BCUT2D eigenvalue weighted by Crippen LogP contribution is 2.29. The second-order valence-corrected chi connectivity index (χ2v) is 5.90. The third-order valence-electron chi connectivity index (χ3n) is 3.56. The predicted molar refractivity (Wildman–Crippen MR) is 81.4 cm³/mol. The van der Waals surface area contributed by atoms with Gasteiger partial charge in [0.2, 0.25) is 0 Å². The quantitative estimate of drug-likeness (QED) is 0.876. The monoisotopic (exact) mass is 284 g/mol. The molecule has 4 nitrogen and oxygen atoms in total. The highest BCUT2D eigenvalue weighted by atomic mass is 32.1. The smallest absolute Gasteiger partial charge is 0.183 e. The van der Waals surface area contributed by atoms with Gasteiger partial charge in [0.15, 0.2) is 11.3 Å². The third-order valence-corrected chi connectivity index (χ3v) is 4.56. The molecule has 2 aromatic rings. The van der Waals surface area contributed by atoms with Gasteiger partial charge in [-0.3, -0.25) is 0 Å². The highest BCUT2D eigenvalue weighted by Gasteiger charge is 2.23. The Hall–Kier alpha value is -2.06. The minimum absolute atomic E-state index is 0.309. The number of thiazole rings is 1. The van der Waals surface area contributed by atoms with Gasteiger partial charge in [-0.2, -0.15) is 5.26 Å². The van der Waals surface area contributed by atoms with E-state index < -0.39 is 0 Å². The largest absolute Gasteiger partial charge is 0.359 e. The summed E-state index contributed by atoms with van der Waals surface area (Å²) in [5.41, 5.74) is 1.19. The summed E-state index contributed by atoms with van der Waals surface area (Å²) in [6.45, 7) is 1.67. The summed E-state index contributed by atoms with van der Waals surface area (Å²) in [6.07, 6.45) is 6.34. The summed E-state index contributed by atoms with van der Waals surface area (Å²) in [6, 6.07) is 10.6. The maximum absolute atomic E-state index is 9.02. The SMILES string of the molecule is N#CN1CCC[C@H]1CNc1ncc(-c2ccccc2)s1. The number of rotatable bonds is 4. The number of nitrogens with one attached hydrogen (secondary N) is 1. The molecule has 20 heavy (non-hydrogen) atoms. The van der Waals surface area contributed by atoms with Crippen LogP contribution in [0.15, 0.2) is 36.5 Å². The van der Waals surface area contributed by atoms with E-state index in [1.807, 2.05) is 29.3 Å². The Balaban J connectivity index is 1.62. The van der Waals surface area contributed by atoms with Crippen molar-refractivity contribution < 1.29 is 0 Å². The van der Waals surface area contributed by atoms with Gasteiger partial charge in [0.05, 0.1) is 10.9 Å². The molecule has 1 aliphatic rings. The molecule has 0 amide bonds. The maximum atomic E-state index is 9.02. The molecule has 0 unspecified atom stereocenters. The van der Waals surface area contributed by atoms with Gasteiger partial charge in [-0.05, 0) is 18.4 Å². The molecule has 1 N–H and O–H groups in total. The Kier molecular flexibility index (Phi) is 3.84. The Morgan fingerprint density at radius 2 is 2.25 bits per heavy atom. The fourth-order valence-electron chi connectivity index (χ4n) is 2.48. The first-order valence-electron chi connectivity index (χ1n) is 6.78. The van der Waals surface area contributed by atoms with Crippen molar-refractivity contribution >= 4 is 16.5 Å². The zero-order valence-corrected chi connectivity index (χ0v) is 11.9. The lowest BCUT2D eigenvalue weighted by atomic mass is 10.2. The molecule has 102 valence electrons. The van der Waals surface area contributed by atoms with Crippen molar-refractivity contribution in [2.45, 2.75) is 18.9 Å². The highest BCUT2D eigenvalue weighted by molar-refractivity contribution is 7.18. The molecule has 1 atom stereocenters. The fourth-order valence-corrected chi connectivity index (χ4v) is 3.30. The Morgan fingerprint density at radius 3 is 3.05 bits per heavy atom. The van der Waals surface area contributed by atoms with Crippen LogP contribution in [0.25, 0.3) is 10.4 Å². The number of likely N-dealkylation sites (tertiary alicyclic amines) is 1. The Labute approximate surface area is 122 Å². The third kappa shape index (κ3) is 2.75. The van der Waals surface area contributed by atoms with Gasteiger partial charge in [-0.15, -0.1) is 0 Å². The molecule has 1 fully saturated rings. The molecule has 1 saturated heterocycles. The first-order valence-corrected chi connectivity index (χ1v) is 7.60. The molecule has 0 saturated carbocycles. The van der Waals surface area contributed by atoms with Crippen LogP contribution in [0.4, 0.5) is 5.13 Å². The second kappa shape index (κ2) is 5.93. The average Bonchev–Trinajstić information content (AvgIpc) is 3.15. The van der Waals surface area contributed by atoms with Crippen LogP contribution in [0.3, 0.4) is 0 Å². The van der Waals surface area contributed by atoms with Gasteiger partial charge in [0, 0.05) is 19.3 Å². The van der Waals surface area contributed by atoms with Gasteiger partial charge in [0.25, 0.3) is 0 Å². The van der Waals surface area contributed by atoms with E-state index in [0.29, 0.717) is 6.04 Å². The van der Waals surface area contributed by atoms with Crippen LogP contribution in [0.5, 0.6) is 0 Å². The van der Waals surface area contributed by atoms with E-state index in [-0.39, 0.29) is 0 Å². The lowest BCUT2D eigenvalue weighted by Crippen LogP contribution is -2.31.